The maximum absolute atomic E-state index is 11.8. The molecular weight excluding hydrogens is 294 g/mol. The molecule has 0 saturated carbocycles. The fourth-order valence-corrected chi connectivity index (χ4v) is 1.47. The summed E-state index contributed by atoms with van der Waals surface area (Å²) in [6.45, 7) is 2.67. The summed E-state index contributed by atoms with van der Waals surface area (Å²) >= 11 is 0. The van der Waals surface area contributed by atoms with Gasteiger partial charge >= 0.3 is 0 Å². The molecule has 1 amide bonds. The lowest BCUT2D eigenvalue weighted by atomic mass is 10.2. The maximum Gasteiger partial charge on any atom is 0.274 e. The minimum atomic E-state index is -0.281. The Balaban J connectivity index is 0.00000400. The molecule has 0 aliphatic rings. The number of benzene rings is 1. The number of amides is 1. The van der Waals surface area contributed by atoms with Crippen molar-refractivity contribution in [3.05, 3.63) is 29.8 Å². The Morgan fingerprint density at radius 1 is 1.29 bits per heavy atom. The van der Waals surface area contributed by atoms with Crippen molar-refractivity contribution in [2.75, 3.05) is 39.3 Å². The number of amidine groups is 1. The topological polar surface area (TPSA) is 63.2 Å². The van der Waals surface area contributed by atoms with Gasteiger partial charge in [0.15, 0.2) is 0 Å². The van der Waals surface area contributed by atoms with Crippen molar-refractivity contribution < 1.29 is 14.4 Å². The Morgan fingerprint density at radius 2 is 1.90 bits per heavy atom. The lowest BCUT2D eigenvalue weighted by molar-refractivity contribution is 0.00889. The van der Waals surface area contributed by atoms with Gasteiger partial charge in [0, 0.05) is 32.5 Å². The van der Waals surface area contributed by atoms with Gasteiger partial charge in [0.05, 0.1) is 19.0 Å². The van der Waals surface area contributed by atoms with E-state index in [0.29, 0.717) is 18.8 Å². The van der Waals surface area contributed by atoms with Crippen LogP contribution in [0.5, 0.6) is 0 Å². The van der Waals surface area contributed by atoms with Crippen molar-refractivity contribution in [1.82, 2.24) is 5.48 Å². The highest BCUT2D eigenvalue weighted by molar-refractivity contribution is 5.97. The Morgan fingerprint density at radius 3 is 2.43 bits per heavy atom. The predicted molar refractivity (Wildman–Crippen MR) is 86.4 cm³/mol. The van der Waals surface area contributed by atoms with Crippen LogP contribution < -0.4 is 10.4 Å². The minimum Gasteiger partial charge on any atom is -0.382 e. The molecule has 0 fully saturated rings. The zero-order valence-electron chi connectivity index (χ0n) is 12.8. The average Bonchev–Trinajstić information content (AvgIpc) is 2.50. The molecular formula is C14H22ClN3O3. The van der Waals surface area contributed by atoms with Crippen molar-refractivity contribution >= 4 is 29.8 Å². The van der Waals surface area contributed by atoms with Crippen molar-refractivity contribution in [2.45, 2.75) is 6.92 Å². The number of hydroxylamine groups is 1. The van der Waals surface area contributed by atoms with Crippen molar-refractivity contribution in [3.8, 4) is 0 Å². The highest BCUT2D eigenvalue weighted by Gasteiger charge is 2.07. The maximum atomic E-state index is 11.8. The Hall–Kier alpha value is -1.63. The van der Waals surface area contributed by atoms with Crippen molar-refractivity contribution in [2.24, 2.45) is 4.99 Å². The van der Waals surface area contributed by atoms with Gasteiger partial charge in [-0.25, -0.2) is 5.48 Å². The monoisotopic (exact) mass is 315 g/mol. The summed E-state index contributed by atoms with van der Waals surface area (Å²) < 4.78 is 4.81. The molecule has 0 aliphatic carbocycles. The number of carbonyl (C=O) groups excluding carboxylic acids is 1. The van der Waals surface area contributed by atoms with E-state index in [1.165, 1.54) is 0 Å². The molecule has 0 bridgehead atoms. The third-order valence-electron chi connectivity index (χ3n) is 2.88. The van der Waals surface area contributed by atoms with Gasteiger partial charge < -0.3 is 9.64 Å². The lowest BCUT2D eigenvalue weighted by Gasteiger charge is -2.18. The molecule has 6 nitrogen and oxygen atoms in total. The van der Waals surface area contributed by atoms with Gasteiger partial charge in [-0.3, -0.25) is 14.6 Å². The van der Waals surface area contributed by atoms with Crippen LogP contribution in [0.1, 0.15) is 17.3 Å². The zero-order chi connectivity index (χ0) is 15.0. The summed E-state index contributed by atoms with van der Waals surface area (Å²) in [5, 5.41) is 0. The summed E-state index contributed by atoms with van der Waals surface area (Å²) in [4.78, 5) is 22.8. The van der Waals surface area contributed by atoms with Crippen LogP contribution in [0.2, 0.25) is 0 Å². The minimum absolute atomic E-state index is 0. The molecule has 0 aromatic heterocycles. The second kappa shape index (κ2) is 10.1. The quantitative estimate of drug-likeness (QED) is 0.377. The molecule has 0 radical (unpaired) electrons. The van der Waals surface area contributed by atoms with E-state index in [1.807, 2.05) is 31.0 Å². The molecule has 0 spiro atoms. The first kappa shape index (κ1) is 19.4. The van der Waals surface area contributed by atoms with E-state index in [9.17, 15) is 4.79 Å². The van der Waals surface area contributed by atoms with E-state index < -0.39 is 0 Å². The highest BCUT2D eigenvalue weighted by Crippen LogP contribution is 2.14. The van der Waals surface area contributed by atoms with Crippen LogP contribution in [0.4, 0.5) is 5.69 Å². The number of hydrogen-bond acceptors (Lipinski definition) is 4. The number of nitrogens with one attached hydrogen (secondary N) is 1. The van der Waals surface area contributed by atoms with Gasteiger partial charge in [-0.2, -0.15) is 0 Å². The zero-order valence-corrected chi connectivity index (χ0v) is 13.6. The van der Waals surface area contributed by atoms with Crippen LogP contribution in [-0.4, -0.2) is 46.2 Å². The lowest BCUT2D eigenvalue weighted by Crippen LogP contribution is -2.26. The van der Waals surface area contributed by atoms with Gasteiger partial charge in [0.2, 0.25) is 0 Å². The molecule has 7 heteroatoms. The van der Waals surface area contributed by atoms with Crippen LogP contribution in [0.15, 0.2) is 29.3 Å². The Kier molecular flexibility index (Phi) is 9.36. The molecule has 1 aromatic rings. The molecule has 1 rings (SSSR count). The SMILES string of the molecule is CN=C(C)N(C)c1ccc(C(=O)NOCCOC)cc1.Cl. The summed E-state index contributed by atoms with van der Waals surface area (Å²) in [5.74, 6) is 0.612. The van der Waals surface area contributed by atoms with Gasteiger partial charge in [0.25, 0.3) is 5.91 Å². The van der Waals surface area contributed by atoms with E-state index in [2.05, 4.69) is 10.5 Å². The number of hydrogen-bond donors (Lipinski definition) is 1. The number of rotatable bonds is 6. The van der Waals surface area contributed by atoms with Gasteiger partial charge in [-0.05, 0) is 31.2 Å². The van der Waals surface area contributed by atoms with E-state index in [-0.39, 0.29) is 18.3 Å². The van der Waals surface area contributed by atoms with Gasteiger partial charge in [-0.1, -0.05) is 0 Å². The van der Waals surface area contributed by atoms with E-state index in [4.69, 9.17) is 9.57 Å². The number of ether oxygens (including phenoxy) is 1. The fraction of sp³-hybridized carbons (Fsp3) is 0.429. The molecule has 0 saturated heterocycles. The largest absolute Gasteiger partial charge is 0.382 e. The molecule has 1 N–H and O–H groups in total. The van der Waals surface area contributed by atoms with E-state index >= 15 is 0 Å². The normalized spacial score (nSPS) is 10.8. The van der Waals surface area contributed by atoms with Crippen LogP contribution >= 0.6 is 12.4 Å². The van der Waals surface area contributed by atoms with E-state index in [1.54, 1.807) is 26.3 Å². The van der Waals surface area contributed by atoms with Crippen molar-refractivity contribution in [3.63, 3.8) is 0 Å². The second-order valence-corrected chi connectivity index (χ2v) is 4.15. The molecule has 1 aromatic carbocycles. The number of halogens is 1. The van der Waals surface area contributed by atoms with Gasteiger partial charge in [0.1, 0.15) is 0 Å². The number of aliphatic imine (C=N–C) groups is 1. The summed E-state index contributed by atoms with van der Waals surface area (Å²) in [6.07, 6.45) is 0. The Labute approximate surface area is 131 Å². The summed E-state index contributed by atoms with van der Waals surface area (Å²) in [7, 11) is 5.23. The van der Waals surface area contributed by atoms with Crippen LogP contribution in [-0.2, 0) is 9.57 Å². The predicted octanol–water partition coefficient (Wildman–Crippen LogP) is 1.90. The Bertz CT molecular complexity index is 463. The first-order chi connectivity index (χ1) is 9.60. The smallest absolute Gasteiger partial charge is 0.274 e. The third kappa shape index (κ3) is 6.12. The van der Waals surface area contributed by atoms with Crippen molar-refractivity contribution in [1.29, 1.82) is 0 Å². The van der Waals surface area contributed by atoms with E-state index in [0.717, 1.165) is 11.5 Å². The summed E-state index contributed by atoms with van der Waals surface area (Å²) in [6, 6.07) is 7.20. The molecule has 0 unspecified atom stereocenters. The first-order valence-corrected chi connectivity index (χ1v) is 6.28. The molecule has 118 valence electrons. The van der Waals surface area contributed by atoms with Crippen LogP contribution in [0.3, 0.4) is 0 Å². The second-order valence-electron chi connectivity index (χ2n) is 4.15. The summed E-state index contributed by atoms with van der Waals surface area (Å²) in [5.41, 5.74) is 3.86. The fourth-order valence-electron chi connectivity index (χ4n) is 1.47. The highest BCUT2D eigenvalue weighted by atomic mass is 35.5. The molecule has 21 heavy (non-hydrogen) atoms. The van der Waals surface area contributed by atoms with Gasteiger partial charge in [-0.15, -0.1) is 12.4 Å². The van der Waals surface area contributed by atoms with Crippen LogP contribution in [0, 0.1) is 0 Å². The first-order valence-electron chi connectivity index (χ1n) is 6.28. The number of methoxy groups -OCH3 is 1. The standard InChI is InChI=1S/C14H21N3O3.ClH/c1-11(15-2)17(3)13-7-5-12(6-8-13)14(18)16-20-10-9-19-4;/h5-8H,9-10H2,1-4H3,(H,16,18);1H. The third-order valence-corrected chi connectivity index (χ3v) is 2.88. The van der Waals surface area contributed by atoms with Crippen LogP contribution in [0.25, 0.3) is 0 Å². The number of carbonyl (C=O) groups is 1. The molecule has 0 atom stereocenters. The number of anilines is 1. The average molecular weight is 316 g/mol. The molecule has 0 aliphatic heterocycles. The molecule has 0 heterocycles. The number of nitrogens with zero attached hydrogens (tertiary/aromatic N) is 2.